The highest BCUT2D eigenvalue weighted by Gasteiger charge is 2.24. The maximum atomic E-state index is 9.42. The second-order valence-corrected chi connectivity index (χ2v) is 4.97. The lowest BCUT2D eigenvalue weighted by Gasteiger charge is -2.25. The van der Waals surface area contributed by atoms with Gasteiger partial charge in [0.1, 0.15) is 5.84 Å². The maximum absolute atomic E-state index is 9.42. The standard InChI is InChI=1S/C12H25N3O2/c1-10(16)9-11-5-4-8-15(11)7-3-2-6-12(13)14-17/h10-11,16-17H,2-9H2,1H3,(H2,13,14). The number of hydrogen-bond donors (Lipinski definition) is 3. The molecule has 1 saturated heterocycles. The summed E-state index contributed by atoms with van der Waals surface area (Å²) in [6.45, 7) is 4.05. The van der Waals surface area contributed by atoms with E-state index in [1.54, 1.807) is 0 Å². The zero-order chi connectivity index (χ0) is 12.7. The Morgan fingerprint density at radius 1 is 1.53 bits per heavy atom. The maximum Gasteiger partial charge on any atom is 0.139 e. The van der Waals surface area contributed by atoms with E-state index in [0.29, 0.717) is 18.3 Å². The summed E-state index contributed by atoms with van der Waals surface area (Å²) in [4.78, 5) is 2.46. The molecule has 1 fully saturated rings. The molecule has 1 heterocycles. The van der Waals surface area contributed by atoms with Gasteiger partial charge in [-0.1, -0.05) is 5.16 Å². The minimum atomic E-state index is -0.210. The van der Waals surface area contributed by atoms with Crippen molar-refractivity contribution in [1.82, 2.24) is 4.90 Å². The molecule has 100 valence electrons. The van der Waals surface area contributed by atoms with Gasteiger partial charge >= 0.3 is 0 Å². The van der Waals surface area contributed by atoms with Gasteiger partial charge in [-0.3, -0.25) is 0 Å². The van der Waals surface area contributed by atoms with Gasteiger partial charge in [-0.25, -0.2) is 0 Å². The van der Waals surface area contributed by atoms with Crippen LogP contribution in [0.5, 0.6) is 0 Å². The molecule has 0 bridgehead atoms. The van der Waals surface area contributed by atoms with E-state index >= 15 is 0 Å². The van der Waals surface area contributed by atoms with E-state index in [0.717, 1.165) is 32.4 Å². The molecule has 5 nitrogen and oxygen atoms in total. The Morgan fingerprint density at radius 2 is 2.29 bits per heavy atom. The van der Waals surface area contributed by atoms with Gasteiger partial charge < -0.3 is 20.9 Å². The third kappa shape index (κ3) is 5.37. The summed E-state index contributed by atoms with van der Waals surface area (Å²) < 4.78 is 0. The van der Waals surface area contributed by atoms with E-state index in [-0.39, 0.29) is 6.10 Å². The number of aliphatic hydroxyl groups excluding tert-OH is 1. The highest BCUT2D eigenvalue weighted by atomic mass is 16.4. The van der Waals surface area contributed by atoms with Gasteiger partial charge in [-0.15, -0.1) is 0 Å². The molecule has 0 aromatic carbocycles. The quantitative estimate of drug-likeness (QED) is 0.206. The van der Waals surface area contributed by atoms with E-state index in [2.05, 4.69) is 10.1 Å². The van der Waals surface area contributed by atoms with Crippen LogP contribution in [0.2, 0.25) is 0 Å². The molecule has 1 aliphatic heterocycles. The summed E-state index contributed by atoms with van der Waals surface area (Å²) in [6, 6.07) is 0.541. The largest absolute Gasteiger partial charge is 0.409 e. The summed E-state index contributed by atoms with van der Waals surface area (Å²) in [7, 11) is 0. The summed E-state index contributed by atoms with van der Waals surface area (Å²) >= 11 is 0. The third-order valence-electron chi connectivity index (χ3n) is 3.37. The van der Waals surface area contributed by atoms with Crippen molar-refractivity contribution >= 4 is 5.84 Å². The second kappa shape index (κ2) is 7.50. The van der Waals surface area contributed by atoms with Gasteiger partial charge in [0.25, 0.3) is 0 Å². The SMILES string of the molecule is CC(O)CC1CCCN1CCCCC(N)=NO. The van der Waals surface area contributed by atoms with E-state index in [4.69, 9.17) is 10.9 Å². The molecule has 1 aliphatic rings. The van der Waals surface area contributed by atoms with E-state index in [9.17, 15) is 5.11 Å². The molecule has 0 saturated carbocycles. The van der Waals surface area contributed by atoms with Crippen LogP contribution < -0.4 is 5.73 Å². The van der Waals surface area contributed by atoms with Gasteiger partial charge in [-0.05, 0) is 52.1 Å². The van der Waals surface area contributed by atoms with Crippen molar-refractivity contribution in [3.05, 3.63) is 0 Å². The van der Waals surface area contributed by atoms with Crippen molar-refractivity contribution in [3.8, 4) is 0 Å². The zero-order valence-electron chi connectivity index (χ0n) is 10.7. The zero-order valence-corrected chi connectivity index (χ0v) is 10.7. The molecule has 17 heavy (non-hydrogen) atoms. The van der Waals surface area contributed by atoms with Gasteiger partial charge in [0.2, 0.25) is 0 Å². The molecule has 1 rings (SSSR count). The molecule has 0 aromatic heterocycles. The lowest BCUT2D eigenvalue weighted by molar-refractivity contribution is 0.133. The first-order valence-corrected chi connectivity index (χ1v) is 6.52. The predicted octanol–water partition coefficient (Wildman–Crippen LogP) is 1.14. The van der Waals surface area contributed by atoms with E-state index in [1.807, 2.05) is 6.92 Å². The number of unbranched alkanes of at least 4 members (excludes halogenated alkanes) is 1. The lowest BCUT2D eigenvalue weighted by Crippen LogP contribution is -2.32. The number of amidine groups is 1. The molecule has 0 aromatic rings. The number of nitrogens with two attached hydrogens (primary N) is 1. The first-order valence-electron chi connectivity index (χ1n) is 6.52. The average molecular weight is 243 g/mol. The Kier molecular flexibility index (Phi) is 6.29. The molecule has 0 aliphatic carbocycles. The van der Waals surface area contributed by atoms with Crippen molar-refractivity contribution in [2.24, 2.45) is 10.9 Å². The summed E-state index contributed by atoms with van der Waals surface area (Å²) in [6.07, 6.45) is 5.77. The normalized spacial score (nSPS) is 24.1. The number of likely N-dealkylation sites (tertiary alicyclic amines) is 1. The fourth-order valence-electron chi connectivity index (χ4n) is 2.52. The average Bonchev–Trinajstić information content (AvgIpc) is 2.70. The third-order valence-corrected chi connectivity index (χ3v) is 3.37. The van der Waals surface area contributed by atoms with Gasteiger partial charge in [0, 0.05) is 12.5 Å². The number of hydrogen-bond acceptors (Lipinski definition) is 4. The Morgan fingerprint density at radius 3 is 2.94 bits per heavy atom. The number of nitrogens with zero attached hydrogens (tertiary/aromatic N) is 2. The predicted molar refractivity (Wildman–Crippen MR) is 68.2 cm³/mol. The van der Waals surface area contributed by atoms with Crippen molar-refractivity contribution in [2.45, 2.75) is 57.6 Å². The van der Waals surface area contributed by atoms with Gasteiger partial charge in [0.15, 0.2) is 0 Å². The van der Waals surface area contributed by atoms with Crippen molar-refractivity contribution in [2.75, 3.05) is 13.1 Å². The van der Waals surface area contributed by atoms with Crippen LogP contribution in [-0.2, 0) is 0 Å². The second-order valence-electron chi connectivity index (χ2n) is 4.97. The smallest absolute Gasteiger partial charge is 0.139 e. The fraction of sp³-hybridized carbons (Fsp3) is 0.917. The monoisotopic (exact) mass is 243 g/mol. The Labute approximate surface area is 103 Å². The van der Waals surface area contributed by atoms with Gasteiger partial charge in [-0.2, -0.15) is 0 Å². The van der Waals surface area contributed by atoms with Crippen LogP contribution in [0.25, 0.3) is 0 Å². The minimum absolute atomic E-state index is 0.210. The van der Waals surface area contributed by atoms with Crippen LogP contribution in [-0.4, -0.2) is 46.3 Å². The molecule has 2 unspecified atom stereocenters. The molecular formula is C12H25N3O2. The first-order chi connectivity index (χ1) is 8.13. The van der Waals surface area contributed by atoms with Crippen molar-refractivity contribution < 1.29 is 10.3 Å². The van der Waals surface area contributed by atoms with Crippen LogP contribution in [0, 0.1) is 0 Å². The van der Waals surface area contributed by atoms with Crippen LogP contribution in [0.15, 0.2) is 5.16 Å². The highest BCUT2D eigenvalue weighted by molar-refractivity contribution is 5.79. The highest BCUT2D eigenvalue weighted by Crippen LogP contribution is 2.21. The molecule has 0 radical (unpaired) electrons. The van der Waals surface area contributed by atoms with Crippen LogP contribution in [0.3, 0.4) is 0 Å². The molecule has 0 spiro atoms. The molecular weight excluding hydrogens is 218 g/mol. The van der Waals surface area contributed by atoms with Gasteiger partial charge in [0.05, 0.1) is 6.10 Å². The first kappa shape index (κ1) is 14.3. The minimum Gasteiger partial charge on any atom is -0.409 e. The summed E-state index contributed by atoms with van der Waals surface area (Å²) in [5.41, 5.74) is 5.41. The van der Waals surface area contributed by atoms with Crippen LogP contribution in [0.1, 0.15) is 45.4 Å². The Balaban J connectivity index is 2.17. The van der Waals surface area contributed by atoms with Crippen molar-refractivity contribution in [1.29, 1.82) is 0 Å². The topological polar surface area (TPSA) is 82.1 Å². The number of rotatable bonds is 7. The van der Waals surface area contributed by atoms with Crippen LogP contribution >= 0.6 is 0 Å². The number of aliphatic hydroxyl groups is 1. The molecule has 0 amide bonds. The fourth-order valence-corrected chi connectivity index (χ4v) is 2.52. The van der Waals surface area contributed by atoms with E-state index < -0.39 is 0 Å². The molecule has 5 heteroatoms. The number of oxime groups is 1. The van der Waals surface area contributed by atoms with E-state index in [1.165, 1.54) is 12.8 Å². The Hall–Kier alpha value is -0.810. The van der Waals surface area contributed by atoms with Crippen molar-refractivity contribution in [3.63, 3.8) is 0 Å². The summed E-state index contributed by atoms with van der Waals surface area (Å²) in [5, 5.41) is 20.8. The molecule has 2 atom stereocenters. The van der Waals surface area contributed by atoms with Crippen LogP contribution in [0.4, 0.5) is 0 Å². The lowest BCUT2D eigenvalue weighted by atomic mass is 10.1. The summed E-state index contributed by atoms with van der Waals surface area (Å²) in [5.74, 6) is 0.312. The molecule has 4 N–H and O–H groups in total. The Bertz CT molecular complexity index is 244.